The summed E-state index contributed by atoms with van der Waals surface area (Å²) in [6.07, 6.45) is -0.163. The molecule has 0 aromatic rings. The minimum atomic E-state index is -2.64. The lowest BCUT2D eigenvalue weighted by atomic mass is 10.3. The largest absolute Gasteiger partial charge is 0.325 e. The maximum Gasteiger partial charge on any atom is 0.259 e. The van der Waals surface area contributed by atoms with Crippen LogP contribution in [0.4, 0.5) is 8.78 Å². The zero-order valence-electron chi connectivity index (χ0n) is 6.25. The minimum absolute atomic E-state index is 0.163. The molecule has 1 nitrogen and oxygen atoms in total. The smallest absolute Gasteiger partial charge is 0.259 e. The predicted octanol–water partition coefficient (Wildman–Crippen LogP) is 2.02. The Hall–Kier alpha value is -0.180. The van der Waals surface area contributed by atoms with Gasteiger partial charge in [0.2, 0.25) is 0 Å². The number of rotatable bonds is 2. The third-order valence-electron chi connectivity index (χ3n) is 0.816. The van der Waals surface area contributed by atoms with Crippen molar-refractivity contribution in [1.29, 1.82) is 0 Å². The van der Waals surface area contributed by atoms with Crippen LogP contribution < -0.4 is 5.73 Å². The summed E-state index contributed by atoms with van der Waals surface area (Å²) in [6, 6.07) is 0. The molecule has 9 heavy (non-hydrogen) atoms. The van der Waals surface area contributed by atoms with E-state index in [4.69, 9.17) is 0 Å². The molecule has 0 amide bonds. The first kappa shape index (κ1) is 11.6. The number of alkyl halides is 2. The van der Waals surface area contributed by atoms with Crippen molar-refractivity contribution >= 4 is 0 Å². The van der Waals surface area contributed by atoms with E-state index in [0.29, 0.717) is 0 Å². The summed E-state index contributed by atoms with van der Waals surface area (Å²) < 4.78 is 23.5. The normalized spacial score (nSPS) is 10.0. The average molecular weight is 139 g/mol. The highest BCUT2D eigenvalue weighted by molar-refractivity contribution is 4.61. The summed E-state index contributed by atoms with van der Waals surface area (Å²) in [5.41, 5.74) is 4.67. The molecule has 0 aromatic carbocycles. The summed E-state index contributed by atoms with van der Waals surface area (Å²) >= 11 is 0. The molecule has 0 bridgehead atoms. The molecule has 0 aliphatic heterocycles. The molecule has 0 atom stereocenters. The number of hydrogen-bond acceptors (Lipinski definition) is 1. The number of halogens is 2. The lowest BCUT2D eigenvalue weighted by molar-refractivity contribution is 0.00712. The topological polar surface area (TPSA) is 26.0 Å². The molecule has 0 saturated carbocycles. The molecular weight excluding hydrogens is 124 g/mol. The molecule has 0 aliphatic carbocycles. The van der Waals surface area contributed by atoms with Crippen molar-refractivity contribution in [2.75, 3.05) is 6.54 Å². The van der Waals surface area contributed by atoms with Crippen molar-refractivity contribution in [3.8, 4) is 0 Å². The molecule has 0 aliphatic rings. The highest BCUT2D eigenvalue weighted by atomic mass is 19.3. The summed E-state index contributed by atoms with van der Waals surface area (Å²) in [7, 11) is 0. The number of hydrogen-bond donors (Lipinski definition) is 1. The molecule has 58 valence electrons. The van der Waals surface area contributed by atoms with Gasteiger partial charge < -0.3 is 5.73 Å². The fourth-order valence-electron chi connectivity index (χ4n) is 0.144. The summed E-state index contributed by atoms with van der Waals surface area (Å²) in [4.78, 5) is 0. The van der Waals surface area contributed by atoms with Gasteiger partial charge in [0.15, 0.2) is 0 Å². The summed E-state index contributed by atoms with van der Waals surface area (Å²) in [6.45, 7) is 4.87. The Kier molecular flexibility index (Phi) is 7.66. The third-order valence-corrected chi connectivity index (χ3v) is 0.816. The van der Waals surface area contributed by atoms with Gasteiger partial charge in [0, 0.05) is 6.42 Å². The van der Waals surface area contributed by atoms with E-state index >= 15 is 0 Å². The first-order chi connectivity index (χ1) is 4.12. The van der Waals surface area contributed by atoms with E-state index in [1.165, 1.54) is 6.92 Å². The fourth-order valence-corrected chi connectivity index (χ4v) is 0.144. The zero-order chi connectivity index (χ0) is 7.91. The predicted molar refractivity (Wildman–Crippen MR) is 35.6 cm³/mol. The molecule has 0 spiro atoms. The standard InChI is InChI=1S/C4H9F2N.C2H6/c1-2-4(5,6)3-7;1-2/h2-3,7H2,1H3;1-2H3. The Balaban J connectivity index is 0. The second-order valence-corrected chi connectivity index (χ2v) is 1.41. The monoisotopic (exact) mass is 139 g/mol. The molecule has 0 rings (SSSR count). The first-order valence-electron chi connectivity index (χ1n) is 3.20. The van der Waals surface area contributed by atoms with Crippen molar-refractivity contribution in [1.82, 2.24) is 0 Å². The Bertz CT molecular complexity index is 49.0. The van der Waals surface area contributed by atoms with Crippen molar-refractivity contribution in [3.05, 3.63) is 0 Å². The molecule has 0 unspecified atom stereocenters. The van der Waals surface area contributed by atoms with Gasteiger partial charge in [-0.05, 0) is 0 Å². The van der Waals surface area contributed by atoms with Crippen LogP contribution in [0.1, 0.15) is 27.2 Å². The van der Waals surface area contributed by atoms with Gasteiger partial charge in [-0.1, -0.05) is 20.8 Å². The van der Waals surface area contributed by atoms with Crippen LogP contribution >= 0.6 is 0 Å². The quantitative estimate of drug-likeness (QED) is 0.622. The van der Waals surface area contributed by atoms with Gasteiger partial charge in [-0.2, -0.15) is 0 Å². The van der Waals surface area contributed by atoms with E-state index in [-0.39, 0.29) is 6.42 Å². The van der Waals surface area contributed by atoms with Crippen molar-refractivity contribution in [2.24, 2.45) is 5.73 Å². The molecule has 2 N–H and O–H groups in total. The van der Waals surface area contributed by atoms with E-state index < -0.39 is 12.5 Å². The van der Waals surface area contributed by atoms with Crippen LogP contribution in [-0.4, -0.2) is 12.5 Å². The van der Waals surface area contributed by atoms with E-state index in [1.54, 1.807) is 0 Å². The van der Waals surface area contributed by atoms with Crippen LogP contribution in [0.2, 0.25) is 0 Å². The van der Waals surface area contributed by atoms with Crippen LogP contribution in [0, 0.1) is 0 Å². The van der Waals surface area contributed by atoms with Gasteiger partial charge in [0.25, 0.3) is 5.92 Å². The van der Waals surface area contributed by atoms with Crippen LogP contribution in [0.3, 0.4) is 0 Å². The lowest BCUT2D eigenvalue weighted by Gasteiger charge is -2.08. The molecule has 0 heterocycles. The van der Waals surface area contributed by atoms with Gasteiger partial charge in [0.05, 0.1) is 6.54 Å². The average Bonchev–Trinajstić information content (AvgIpc) is 1.93. The van der Waals surface area contributed by atoms with Crippen LogP contribution in [0.25, 0.3) is 0 Å². The van der Waals surface area contributed by atoms with Crippen molar-refractivity contribution in [2.45, 2.75) is 33.1 Å². The van der Waals surface area contributed by atoms with Gasteiger partial charge in [-0.15, -0.1) is 0 Å². The van der Waals surface area contributed by atoms with Gasteiger partial charge >= 0.3 is 0 Å². The molecule has 0 fully saturated rings. The maximum atomic E-state index is 11.8. The molecule has 0 radical (unpaired) electrons. The van der Waals surface area contributed by atoms with E-state index in [0.717, 1.165) is 0 Å². The molecule has 0 aromatic heterocycles. The molecule has 3 heteroatoms. The zero-order valence-corrected chi connectivity index (χ0v) is 6.25. The van der Waals surface area contributed by atoms with Crippen molar-refractivity contribution in [3.63, 3.8) is 0 Å². The maximum absolute atomic E-state index is 11.8. The second kappa shape index (κ2) is 5.95. The Morgan fingerprint density at radius 1 is 1.33 bits per heavy atom. The summed E-state index contributed by atoms with van der Waals surface area (Å²) in [5, 5.41) is 0. The van der Waals surface area contributed by atoms with Gasteiger partial charge in [-0.25, -0.2) is 8.78 Å². The summed E-state index contributed by atoms with van der Waals surface area (Å²) in [5.74, 6) is -2.64. The Morgan fingerprint density at radius 3 is 1.67 bits per heavy atom. The lowest BCUT2D eigenvalue weighted by Crippen LogP contribution is -2.26. The minimum Gasteiger partial charge on any atom is -0.325 e. The second-order valence-electron chi connectivity index (χ2n) is 1.41. The first-order valence-corrected chi connectivity index (χ1v) is 3.20. The van der Waals surface area contributed by atoms with Crippen molar-refractivity contribution < 1.29 is 8.78 Å². The van der Waals surface area contributed by atoms with E-state index in [1.807, 2.05) is 13.8 Å². The third kappa shape index (κ3) is 7.82. The fraction of sp³-hybridized carbons (Fsp3) is 1.00. The Morgan fingerprint density at radius 2 is 1.67 bits per heavy atom. The van der Waals surface area contributed by atoms with Crippen LogP contribution in [0.5, 0.6) is 0 Å². The van der Waals surface area contributed by atoms with E-state index in [2.05, 4.69) is 5.73 Å². The highest BCUT2D eigenvalue weighted by Gasteiger charge is 2.22. The van der Waals surface area contributed by atoms with Gasteiger partial charge in [0.1, 0.15) is 0 Å². The van der Waals surface area contributed by atoms with Crippen LogP contribution in [0.15, 0.2) is 0 Å². The van der Waals surface area contributed by atoms with Gasteiger partial charge in [-0.3, -0.25) is 0 Å². The Labute approximate surface area is 55.2 Å². The van der Waals surface area contributed by atoms with E-state index in [9.17, 15) is 8.78 Å². The highest BCUT2D eigenvalue weighted by Crippen LogP contribution is 2.13. The number of nitrogens with two attached hydrogens (primary N) is 1. The SMILES string of the molecule is CC.CCC(F)(F)CN. The molecule has 0 saturated heterocycles. The van der Waals surface area contributed by atoms with Crippen LogP contribution in [-0.2, 0) is 0 Å². The molecular formula is C6H15F2N.